The highest BCUT2D eigenvalue weighted by Gasteiger charge is 2.01. The first kappa shape index (κ1) is 16.8. The fraction of sp³-hybridized carbons (Fsp3) is 0.353. The van der Waals surface area contributed by atoms with E-state index in [1.165, 1.54) is 11.1 Å². The number of hydrazone groups is 1. The molecule has 0 unspecified atom stereocenters. The van der Waals surface area contributed by atoms with Gasteiger partial charge < -0.3 is 0 Å². The Morgan fingerprint density at radius 1 is 1.24 bits per heavy atom. The molecule has 21 heavy (non-hydrogen) atoms. The van der Waals surface area contributed by atoms with Crippen molar-refractivity contribution in [3.05, 3.63) is 53.4 Å². The third-order valence-electron chi connectivity index (χ3n) is 2.86. The molecule has 0 aromatic carbocycles. The number of hydrogen-bond donors (Lipinski definition) is 1. The molecule has 1 amide bonds. The minimum Gasteiger partial charge on any atom is -0.267 e. The lowest BCUT2D eigenvalue weighted by Crippen LogP contribution is -2.17. The number of pyridine rings is 1. The van der Waals surface area contributed by atoms with Crippen LogP contribution in [-0.2, 0) is 0 Å². The summed E-state index contributed by atoms with van der Waals surface area (Å²) < 4.78 is 0. The van der Waals surface area contributed by atoms with E-state index < -0.39 is 0 Å². The van der Waals surface area contributed by atoms with Crippen molar-refractivity contribution in [1.82, 2.24) is 10.4 Å². The molecule has 1 N–H and O–H groups in total. The van der Waals surface area contributed by atoms with Crippen molar-refractivity contribution < 1.29 is 4.79 Å². The van der Waals surface area contributed by atoms with Gasteiger partial charge in [0.25, 0.3) is 5.91 Å². The second-order valence-electron chi connectivity index (χ2n) is 5.09. The molecule has 4 nitrogen and oxygen atoms in total. The van der Waals surface area contributed by atoms with Crippen LogP contribution < -0.4 is 5.43 Å². The van der Waals surface area contributed by atoms with E-state index in [9.17, 15) is 4.79 Å². The molecule has 1 rings (SSSR count). The topological polar surface area (TPSA) is 54.4 Å². The van der Waals surface area contributed by atoms with E-state index in [0.717, 1.165) is 19.3 Å². The maximum atomic E-state index is 11.7. The number of hydrogen-bond acceptors (Lipinski definition) is 3. The van der Waals surface area contributed by atoms with Crippen molar-refractivity contribution in [2.45, 2.75) is 40.0 Å². The van der Waals surface area contributed by atoms with Crippen LogP contribution in [0.25, 0.3) is 0 Å². The monoisotopic (exact) mass is 285 g/mol. The van der Waals surface area contributed by atoms with Gasteiger partial charge in [-0.3, -0.25) is 9.78 Å². The average molecular weight is 285 g/mol. The summed E-state index contributed by atoms with van der Waals surface area (Å²) in [7, 11) is 0. The maximum Gasteiger partial charge on any atom is 0.271 e. The van der Waals surface area contributed by atoms with Gasteiger partial charge in [-0.05, 0) is 45.7 Å². The number of amides is 1. The molecule has 4 heteroatoms. The lowest BCUT2D eigenvalue weighted by molar-refractivity contribution is 0.0955. The summed E-state index contributed by atoms with van der Waals surface area (Å²) in [6.07, 6.45) is 12.1. The largest absolute Gasteiger partial charge is 0.271 e. The SMILES string of the molecule is CC(C)=CCC/C(C)=C/C/C=N/NC(=O)c1ccncc1. The second-order valence-corrected chi connectivity index (χ2v) is 5.09. The van der Waals surface area contributed by atoms with Gasteiger partial charge in [0.2, 0.25) is 0 Å². The molecule has 1 heterocycles. The van der Waals surface area contributed by atoms with E-state index in [0.29, 0.717) is 5.56 Å². The van der Waals surface area contributed by atoms with Crippen LogP contribution in [0.1, 0.15) is 50.4 Å². The van der Waals surface area contributed by atoms with E-state index in [1.54, 1.807) is 30.7 Å². The van der Waals surface area contributed by atoms with E-state index in [1.807, 2.05) is 0 Å². The number of nitrogens with one attached hydrogen (secondary N) is 1. The van der Waals surface area contributed by atoms with Crippen LogP contribution in [0.2, 0.25) is 0 Å². The average Bonchev–Trinajstić information content (AvgIpc) is 2.47. The molecule has 0 bridgehead atoms. The van der Waals surface area contributed by atoms with Gasteiger partial charge >= 0.3 is 0 Å². The molecule has 0 saturated heterocycles. The number of aromatic nitrogens is 1. The predicted molar refractivity (Wildman–Crippen MR) is 87.2 cm³/mol. The van der Waals surface area contributed by atoms with Crippen molar-refractivity contribution >= 4 is 12.1 Å². The molecular formula is C17H23N3O. The fourth-order valence-electron chi connectivity index (χ4n) is 1.67. The van der Waals surface area contributed by atoms with Crippen LogP contribution in [0, 0.1) is 0 Å². The zero-order valence-electron chi connectivity index (χ0n) is 13.0. The minimum atomic E-state index is -0.224. The molecular weight excluding hydrogens is 262 g/mol. The van der Waals surface area contributed by atoms with Crippen LogP contribution in [0.4, 0.5) is 0 Å². The molecule has 0 aliphatic rings. The Morgan fingerprint density at radius 2 is 1.95 bits per heavy atom. The van der Waals surface area contributed by atoms with Crippen molar-refractivity contribution in [2.24, 2.45) is 5.10 Å². The maximum absolute atomic E-state index is 11.7. The Labute approximate surface area is 126 Å². The van der Waals surface area contributed by atoms with Gasteiger partial charge in [-0.15, -0.1) is 0 Å². The lowest BCUT2D eigenvalue weighted by atomic mass is 10.1. The molecule has 0 radical (unpaired) electrons. The van der Waals surface area contributed by atoms with E-state index in [-0.39, 0.29) is 5.91 Å². The third-order valence-corrected chi connectivity index (χ3v) is 2.86. The molecule has 0 spiro atoms. The van der Waals surface area contributed by atoms with Gasteiger partial charge in [-0.2, -0.15) is 5.10 Å². The van der Waals surface area contributed by atoms with Crippen molar-refractivity contribution in [1.29, 1.82) is 0 Å². The number of rotatable bonds is 7. The predicted octanol–water partition coefficient (Wildman–Crippen LogP) is 3.88. The fourth-order valence-corrected chi connectivity index (χ4v) is 1.67. The van der Waals surface area contributed by atoms with Gasteiger partial charge in [0, 0.05) is 30.6 Å². The zero-order valence-corrected chi connectivity index (χ0v) is 13.0. The van der Waals surface area contributed by atoms with Gasteiger partial charge in [-0.1, -0.05) is 23.3 Å². The molecule has 112 valence electrons. The minimum absolute atomic E-state index is 0.224. The summed E-state index contributed by atoms with van der Waals surface area (Å²) >= 11 is 0. The lowest BCUT2D eigenvalue weighted by Gasteiger charge is -1.99. The van der Waals surface area contributed by atoms with Crippen molar-refractivity contribution in [2.75, 3.05) is 0 Å². The van der Waals surface area contributed by atoms with Crippen LogP contribution in [0.15, 0.2) is 52.9 Å². The Hall–Kier alpha value is -2.23. The Morgan fingerprint density at radius 3 is 2.62 bits per heavy atom. The Bertz CT molecular complexity index is 526. The van der Waals surface area contributed by atoms with Crippen LogP contribution >= 0.6 is 0 Å². The Balaban J connectivity index is 2.28. The smallest absolute Gasteiger partial charge is 0.267 e. The number of carbonyl (C=O) groups is 1. The number of carbonyl (C=O) groups excluding carboxylic acids is 1. The van der Waals surface area contributed by atoms with E-state index >= 15 is 0 Å². The zero-order chi connectivity index (χ0) is 15.5. The number of allylic oxidation sites excluding steroid dienone is 4. The van der Waals surface area contributed by atoms with Crippen molar-refractivity contribution in [3.63, 3.8) is 0 Å². The van der Waals surface area contributed by atoms with E-state index in [2.05, 4.69) is 48.4 Å². The highest BCUT2D eigenvalue weighted by atomic mass is 16.2. The highest BCUT2D eigenvalue weighted by Crippen LogP contribution is 2.06. The first-order valence-electron chi connectivity index (χ1n) is 7.10. The summed E-state index contributed by atoms with van der Waals surface area (Å²) in [6, 6.07) is 3.30. The van der Waals surface area contributed by atoms with Gasteiger partial charge in [0.05, 0.1) is 0 Å². The highest BCUT2D eigenvalue weighted by molar-refractivity contribution is 5.94. The Kier molecular flexibility index (Phi) is 7.72. The van der Waals surface area contributed by atoms with Crippen LogP contribution in [0.3, 0.4) is 0 Å². The normalized spacial score (nSPS) is 11.5. The molecule has 0 fully saturated rings. The van der Waals surface area contributed by atoms with Gasteiger partial charge in [0.15, 0.2) is 0 Å². The molecule has 0 atom stereocenters. The first-order chi connectivity index (χ1) is 10.1. The van der Waals surface area contributed by atoms with Crippen LogP contribution in [0.5, 0.6) is 0 Å². The molecule has 0 saturated carbocycles. The first-order valence-corrected chi connectivity index (χ1v) is 7.10. The molecule has 1 aromatic heterocycles. The number of nitrogens with zero attached hydrogens (tertiary/aromatic N) is 2. The summed E-state index contributed by atoms with van der Waals surface area (Å²) in [6.45, 7) is 6.33. The molecule has 0 aliphatic carbocycles. The quantitative estimate of drug-likeness (QED) is 0.469. The standard InChI is InChI=1S/C17H23N3O/c1-14(2)6-4-7-15(3)8-5-11-19-20-17(21)16-9-12-18-13-10-16/h6,8-13H,4-5,7H2,1-3H3,(H,20,21)/b15-8+,19-11+. The van der Waals surface area contributed by atoms with Crippen molar-refractivity contribution in [3.8, 4) is 0 Å². The second kappa shape index (κ2) is 9.64. The summed E-state index contributed by atoms with van der Waals surface area (Å²) in [5.74, 6) is -0.224. The van der Waals surface area contributed by atoms with E-state index in [4.69, 9.17) is 0 Å². The van der Waals surface area contributed by atoms with Crippen LogP contribution in [-0.4, -0.2) is 17.1 Å². The molecule has 0 aliphatic heterocycles. The molecule has 1 aromatic rings. The van der Waals surface area contributed by atoms with Gasteiger partial charge in [-0.25, -0.2) is 5.43 Å². The third kappa shape index (κ3) is 7.82. The summed E-state index contributed by atoms with van der Waals surface area (Å²) in [4.78, 5) is 15.5. The van der Waals surface area contributed by atoms with Gasteiger partial charge in [0.1, 0.15) is 0 Å². The summed E-state index contributed by atoms with van der Waals surface area (Å²) in [5, 5.41) is 3.93. The summed E-state index contributed by atoms with van der Waals surface area (Å²) in [5.41, 5.74) is 5.73.